The van der Waals surface area contributed by atoms with E-state index >= 15 is 0 Å². The number of halogens is 3. The number of hydrogen-bond acceptors (Lipinski definition) is 4. The van der Waals surface area contributed by atoms with Crippen LogP contribution in [0.25, 0.3) is 0 Å². The minimum atomic E-state index is -1.47. The van der Waals surface area contributed by atoms with Crippen LogP contribution in [0.3, 0.4) is 0 Å². The first-order valence-electron chi connectivity index (χ1n) is 7.61. The molecule has 2 N–H and O–H groups in total. The Hall–Kier alpha value is -3.01. The molecule has 27 heavy (non-hydrogen) atoms. The minimum Gasteiger partial charge on any atom is -0.478 e. The van der Waals surface area contributed by atoms with Crippen molar-refractivity contribution in [3.05, 3.63) is 74.6 Å². The molecule has 0 saturated heterocycles. The number of benzene rings is 1. The zero-order valence-corrected chi connectivity index (χ0v) is 15.5. The molecule has 0 aliphatic carbocycles. The number of nitrogens with one attached hydrogen (secondary N) is 1. The lowest BCUT2D eigenvalue weighted by molar-refractivity contribution is 0.0696. The summed E-state index contributed by atoms with van der Waals surface area (Å²) in [5, 5.41) is 11.8. The van der Waals surface area contributed by atoms with Crippen LogP contribution in [0.2, 0.25) is 0 Å². The molecule has 0 aliphatic heterocycles. The molecule has 1 aromatic carbocycles. The molecule has 140 valence electrons. The van der Waals surface area contributed by atoms with Crippen molar-refractivity contribution in [1.29, 1.82) is 0 Å². The van der Waals surface area contributed by atoms with Gasteiger partial charge in [-0.05, 0) is 18.2 Å². The Morgan fingerprint density at radius 2 is 2.07 bits per heavy atom. The number of carboxylic acids is 1. The molecule has 0 bridgehead atoms. The highest BCUT2D eigenvalue weighted by Crippen LogP contribution is 2.26. The van der Waals surface area contributed by atoms with Gasteiger partial charge < -0.3 is 19.6 Å². The second kappa shape index (κ2) is 7.31. The van der Waals surface area contributed by atoms with Crippen molar-refractivity contribution < 1.29 is 18.7 Å². The van der Waals surface area contributed by atoms with Crippen molar-refractivity contribution in [2.75, 3.05) is 5.32 Å². The molecular formula is C17H13BrF2N4O3. The number of pyridine rings is 1. The van der Waals surface area contributed by atoms with Gasteiger partial charge in [0.25, 0.3) is 5.56 Å². The Balaban J connectivity index is 2.07. The number of anilines is 2. The van der Waals surface area contributed by atoms with E-state index in [4.69, 9.17) is 0 Å². The third-order valence-electron chi connectivity index (χ3n) is 3.73. The van der Waals surface area contributed by atoms with Crippen molar-refractivity contribution in [3.63, 3.8) is 0 Å². The van der Waals surface area contributed by atoms with Crippen molar-refractivity contribution in [1.82, 2.24) is 14.1 Å². The van der Waals surface area contributed by atoms with Crippen molar-refractivity contribution in [2.45, 2.75) is 6.54 Å². The highest BCUT2D eigenvalue weighted by atomic mass is 79.9. The molecule has 0 radical (unpaired) electrons. The summed E-state index contributed by atoms with van der Waals surface area (Å²) < 4.78 is 31.7. The molecule has 7 nitrogen and oxygen atoms in total. The lowest BCUT2D eigenvalue weighted by Gasteiger charge is -2.14. The van der Waals surface area contributed by atoms with E-state index in [9.17, 15) is 23.5 Å². The summed E-state index contributed by atoms with van der Waals surface area (Å²) in [5.74, 6) is -3.53. The summed E-state index contributed by atoms with van der Waals surface area (Å²) in [6, 6.07) is 3.92. The summed E-state index contributed by atoms with van der Waals surface area (Å²) in [5.41, 5.74) is -1.88. The number of carbonyl (C=O) groups is 1. The van der Waals surface area contributed by atoms with Crippen molar-refractivity contribution in [3.8, 4) is 0 Å². The normalized spacial score (nSPS) is 10.8. The molecule has 0 saturated carbocycles. The topological polar surface area (TPSA) is 89.2 Å². The van der Waals surface area contributed by atoms with E-state index in [-0.39, 0.29) is 12.2 Å². The van der Waals surface area contributed by atoms with Gasteiger partial charge in [-0.1, -0.05) is 15.9 Å². The molecule has 3 aromatic rings. The molecule has 0 unspecified atom stereocenters. The smallest absolute Gasteiger partial charge is 0.339 e. The number of carboxylic acid groups (broad SMARTS) is 1. The van der Waals surface area contributed by atoms with E-state index in [0.717, 1.165) is 16.8 Å². The van der Waals surface area contributed by atoms with Gasteiger partial charge in [-0.3, -0.25) is 4.79 Å². The van der Waals surface area contributed by atoms with E-state index in [2.05, 4.69) is 26.2 Å². The van der Waals surface area contributed by atoms with Crippen molar-refractivity contribution >= 4 is 33.3 Å². The van der Waals surface area contributed by atoms with Gasteiger partial charge in [0, 0.05) is 23.9 Å². The first kappa shape index (κ1) is 18.8. The number of imidazole rings is 1. The van der Waals surface area contributed by atoms with Gasteiger partial charge in [0.1, 0.15) is 11.4 Å². The molecule has 10 heteroatoms. The highest BCUT2D eigenvalue weighted by molar-refractivity contribution is 9.10. The first-order valence-corrected chi connectivity index (χ1v) is 8.40. The fraction of sp³-hybridized carbons (Fsp3) is 0.118. The molecular weight excluding hydrogens is 426 g/mol. The summed E-state index contributed by atoms with van der Waals surface area (Å²) in [4.78, 5) is 27.9. The van der Waals surface area contributed by atoms with Crippen LogP contribution in [0.1, 0.15) is 16.1 Å². The highest BCUT2D eigenvalue weighted by Gasteiger charge is 2.22. The van der Waals surface area contributed by atoms with Crippen LogP contribution in [-0.2, 0) is 13.6 Å². The fourth-order valence-electron chi connectivity index (χ4n) is 2.48. The van der Waals surface area contributed by atoms with Crippen LogP contribution in [0.4, 0.5) is 20.2 Å². The van der Waals surface area contributed by atoms with Gasteiger partial charge in [-0.25, -0.2) is 14.2 Å². The number of rotatable bonds is 5. The standard InChI is InChI=1S/C17H13BrF2N4O3/c1-23-5-10(21-8-23)6-24-7-11(17(26)27)15(14(20)16(24)25)22-13-3-2-9(18)4-12(13)19/h2-5,7-8,22H,6H2,1H3,(H,26,27). The predicted octanol–water partition coefficient (Wildman–Crippen LogP) is 3.11. The maximum Gasteiger partial charge on any atom is 0.339 e. The van der Waals surface area contributed by atoms with Gasteiger partial charge in [0.15, 0.2) is 0 Å². The Labute approximate surface area is 160 Å². The largest absolute Gasteiger partial charge is 0.478 e. The summed E-state index contributed by atoms with van der Waals surface area (Å²) in [7, 11) is 1.72. The van der Waals surface area contributed by atoms with Crippen LogP contribution in [0.15, 0.2) is 46.2 Å². The average Bonchev–Trinajstić information content (AvgIpc) is 3.01. The molecule has 0 spiro atoms. The van der Waals surface area contributed by atoms with Gasteiger partial charge in [0.05, 0.1) is 29.9 Å². The van der Waals surface area contributed by atoms with Crippen LogP contribution >= 0.6 is 15.9 Å². The minimum absolute atomic E-state index is 0.107. The number of aryl methyl sites for hydroxylation is 1. The average molecular weight is 439 g/mol. The Morgan fingerprint density at radius 3 is 2.67 bits per heavy atom. The first-order chi connectivity index (χ1) is 12.8. The third-order valence-corrected chi connectivity index (χ3v) is 4.23. The molecule has 0 atom stereocenters. The van der Waals surface area contributed by atoms with Crippen LogP contribution < -0.4 is 10.9 Å². The van der Waals surface area contributed by atoms with E-state index in [1.165, 1.54) is 18.5 Å². The van der Waals surface area contributed by atoms with Crippen LogP contribution in [0.5, 0.6) is 0 Å². The molecule has 2 heterocycles. The van der Waals surface area contributed by atoms with Crippen LogP contribution in [0, 0.1) is 11.6 Å². The summed E-state index contributed by atoms with van der Waals surface area (Å²) in [6.45, 7) is -0.107. The summed E-state index contributed by atoms with van der Waals surface area (Å²) >= 11 is 3.09. The lowest BCUT2D eigenvalue weighted by atomic mass is 10.2. The lowest BCUT2D eigenvalue weighted by Crippen LogP contribution is -2.27. The molecule has 0 fully saturated rings. The fourth-order valence-corrected chi connectivity index (χ4v) is 2.81. The van der Waals surface area contributed by atoms with Crippen LogP contribution in [-0.4, -0.2) is 25.2 Å². The van der Waals surface area contributed by atoms with Gasteiger partial charge in [-0.2, -0.15) is 4.39 Å². The summed E-state index contributed by atoms with van der Waals surface area (Å²) in [6.07, 6.45) is 4.12. The van der Waals surface area contributed by atoms with Gasteiger partial charge >= 0.3 is 5.97 Å². The Kier molecular flexibility index (Phi) is 5.08. The second-order valence-electron chi connectivity index (χ2n) is 5.75. The number of aromatic carboxylic acids is 1. The SMILES string of the molecule is Cn1cnc(Cn2cc(C(=O)O)c(Nc3ccc(Br)cc3F)c(F)c2=O)c1. The molecule has 2 aromatic heterocycles. The predicted molar refractivity (Wildman–Crippen MR) is 97.3 cm³/mol. The Bertz CT molecular complexity index is 1090. The Morgan fingerprint density at radius 1 is 1.33 bits per heavy atom. The monoisotopic (exact) mass is 438 g/mol. The maximum atomic E-state index is 14.7. The van der Waals surface area contributed by atoms with Gasteiger partial charge in [-0.15, -0.1) is 0 Å². The zero-order chi connectivity index (χ0) is 19.7. The van der Waals surface area contributed by atoms with Gasteiger partial charge in [0.2, 0.25) is 5.82 Å². The number of hydrogen-bond donors (Lipinski definition) is 2. The quantitative estimate of drug-likeness (QED) is 0.638. The maximum absolute atomic E-state index is 14.7. The number of aromatic nitrogens is 3. The molecule has 3 rings (SSSR count). The van der Waals surface area contributed by atoms with E-state index in [1.54, 1.807) is 17.8 Å². The van der Waals surface area contributed by atoms with Crippen molar-refractivity contribution in [2.24, 2.45) is 7.05 Å². The van der Waals surface area contributed by atoms with E-state index < -0.39 is 34.4 Å². The molecule has 0 aliphatic rings. The van der Waals surface area contributed by atoms with E-state index in [0.29, 0.717) is 10.2 Å². The second-order valence-corrected chi connectivity index (χ2v) is 6.67. The van der Waals surface area contributed by atoms with E-state index in [1.807, 2.05) is 0 Å². The third kappa shape index (κ3) is 3.90. The molecule has 0 amide bonds. The number of nitrogens with zero attached hydrogens (tertiary/aromatic N) is 3. The zero-order valence-electron chi connectivity index (χ0n) is 13.9.